The van der Waals surface area contributed by atoms with Gasteiger partial charge in [-0.1, -0.05) is 48.5 Å². The van der Waals surface area contributed by atoms with Crippen molar-refractivity contribution in [2.75, 3.05) is 7.05 Å². The number of carbonyl (C=O) groups is 1. The van der Waals surface area contributed by atoms with E-state index in [1.807, 2.05) is 47.0 Å². The van der Waals surface area contributed by atoms with Crippen LogP contribution < -0.4 is 10.9 Å². The van der Waals surface area contributed by atoms with Gasteiger partial charge in [-0.05, 0) is 54.7 Å². The molecule has 30 heavy (non-hydrogen) atoms. The number of aromatic nitrogens is 1. The lowest BCUT2D eigenvalue weighted by Crippen LogP contribution is -2.33. The van der Waals surface area contributed by atoms with Crippen LogP contribution in [0.2, 0.25) is 0 Å². The van der Waals surface area contributed by atoms with E-state index >= 15 is 0 Å². The van der Waals surface area contributed by atoms with Crippen LogP contribution in [-0.2, 0) is 17.1 Å². The molecule has 0 saturated heterocycles. The number of thioether (sulfide) groups is 1. The standard InChI is InChI=1S/C25H28N2O2S/c1-26-24(28)20-13-11-18(12-14-20)16-27-23(30-17-19-7-3-2-4-8-19)15-21-9-5-6-10-22(21)25(27)29/h2-10,15,18,20H,11-14,16-17H2,1H3,(H,26,28). The largest absolute Gasteiger partial charge is 0.359 e. The van der Waals surface area contributed by atoms with E-state index < -0.39 is 0 Å². The lowest BCUT2D eigenvalue weighted by atomic mass is 9.81. The summed E-state index contributed by atoms with van der Waals surface area (Å²) in [5.41, 5.74) is 1.35. The Kier molecular flexibility index (Phi) is 6.58. The maximum atomic E-state index is 13.3. The molecule has 5 heteroatoms. The van der Waals surface area contributed by atoms with E-state index in [1.54, 1.807) is 18.8 Å². The third-order valence-electron chi connectivity index (χ3n) is 6.12. The van der Waals surface area contributed by atoms with E-state index in [9.17, 15) is 9.59 Å². The molecule has 1 amide bonds. The van der Waals surface area contributed by atoms with Crippen molar-refractivity contribution in [3.8, 4) is 0 Å². The van der Waals surface area contributed by atoms with Gasteiger partial charge in [0.2, 0.25) is 5.91 Å². The topological polar surface area (TPSA) is 51.1 Å². The lowest BCUT2D eigenvalue weighted by Gasteiger charge is -2.28. The Labute approximate surface area is 181 Å². The zero-order valence-electron chi connectivity index (χ0n) is 17.3. The first-order chi connectivity index (χ1) is 14.7. The average molecular weight is 421 g/mol. The highest BCUT2D eigenvalue weighted by Crippen LogP contribution is 2.32. The molecule has 1 aromatic heterocycles. The number of carbonyl (C=O) groups excluding carboxylic acids is 1. The monoisotopic (exact) mass is 420 g/mol. The van der Waals surface area contributed by atoms with Gasteiger partial charge in [0, 0.05) is 30.6 Å². The van der Waals surface area contributed by atoms with Crippen molar-refractivity contribution in [3.63, 3.8) is 0 Å². The number of hydrogen-bond donors (Lipinski definition) is 1. The van der Waals surface area contributed by atoms with Gasteiger partial charge in [-0.25, -0.2) is 0 Å². The molecule has 0 radical (unpaired) electrons. The van der Waals surface area contributed by atoms with E-state index in [0.717, 1.165) is 53.8 Å². The minimum Gasteiger partial charge on any atom is -0.359 e. The molecule has 1 saturated carbocycles. The number of fused-ring (bicyclic) bond motifs is 1. The fourth-order valence-corrected chi connectivity index (χ4v) is 5.40. The first-order valence-corrected chi connectivity index (χ1v) is 11.6. The number of benzene rings is 2. The number of amides is 1. The first-order valence-electron chi connectivity index (χ1n) is 10.7. The zero-order chi connectivity index (χ0) is 20.9. The van der Waals surface area contributed by atoms with E-state index in [-0.39, 0.29) is 17.4 Å². The Morgan fingerprint density at radius 2 is 1.73 bits per heavy atom. The number of nitrogens with zero attached hydrogens (tertiary/aromatic N) is 1. The van der Waals surface area contributed by atoms with Crippen molar-refractivity contribution < 1.29 is 4.79 Å². The fraction of sp³-hybridized carbons (Fsp3) is 0.360. The zero-order valence-corrected chi connectivity index (χ0v) is 18.2. The Balaban J connectivity index is 1.58. The van der Waals surface area contributed by atoms with Crippen LogP contribution in [-0.4, -0.2) is 17.5 Å². The van der Waals surface area contributed by atoms with Crippen molar-refractivity contribution >= 4 is 28.4 Å². The van der Waals surface area contributed by atoms with Gasteiger partial charge in [0.25, 0.3) is 5.56 Å². The third kappa shape index (κ3) is 4.62. The quantitative estimate of drug-likeness (QED) is 0.580. The van der Waals surface area contributed by atoms with Crippen LogP contribution in [0.3, 0.4) is 0 Å². The molecule has 156 valence electrons. The van der Waals surface area contributed by atoms with Crippen LogP contribution >= 0.6 is 11.8 Å². The van der Waals surface area contributed by atoms with Gasteiger partial charge in [0.05, 0.1) is 5.03 Å². The lowest BCUT2D eigenvalue weighted by molar-refractivity contribution is -0.125. The fourth-order valence-electron chi connectivity index (χ4n) is 4.37. The maximum Gasteiger partial charge on any atom is 0.259 e. The predicted molar refractivity (Wildman–Crippen MR) is 124 cm³/mol. The minimum atomic E-state index is 0.0945. The molecule has 1 N–H and O–H groups in total. The summed E-state index contributed by atoms with van der Waals surface area (Å²) in [6.07, 6.45) is 3.78. The molecule has 0 bridgehead atoms. The summed E-state index contributed by atoms with van der Waals surface area (Å²) >= 11 is 1.73. The third-order valence-corrected chi connectivity index (χ3v) is 7.23. The number of hydrogen-bond acceptors (Lipinski definition) is 3. The molecule has 1 aliphatic rings. The summed E-state index contributed by atoms with van der Waals surface area (Å²) in [5, 5.41) is 5.57. The summed E-state index contributed by atoms with van der Waals surface area (Å²) in [7, 11) is 1.71. The molecule has 1 heterocycles. The SMILES string of the molecule is CNC(=O)C1CCC(Cn2c(SCc3ccccc3)cc3ccccc3c2=O)CC1. The molecule has 0 aliphatic heterocycles. The molecule has 3 aromatic rings. The molecule has 1 fully saturated rings. The normalized spacial score (nSPS) is 19.0. The Morgan fingerprint density at radius 1 is 1.03 bits per heavy atom. The molecular weight excluding hydrogens is 392 g/mol. The van der Waals surface area contributed by atoms with E-state index in [4.69, 9.17) is 0 Å². The number of rotatable bonds is 6. The van der Waals surface area contributed by atoms with Gasteiger partial charge < -0.3 is 9.88 Å². The van der Waals surface area contributed by atoms with E-state index in [0.29, 0.717) is 5.92 Å². The van der Waals surface area contributed by atoms with Gasteiger partial charge in [-0.15, -0.1) is 11.8 Å². The Hall–Kier alpha value is -2.53. The molecule has 4 nitrogen and oxygen atoms in total. The van der Waals surface area contributed by atoms with Crippen LogP contribution in [0.25, 0.3) is 10.8 Å². The minimum absolute atomic E-state index is 0.0945. The number of nitrogens with one attached hydrogen (secondary N) is 1. The second-order valence-electron chi connectivity index (χ2n) is 8.09. The first kappa shape index (κ1) is 20.7. The van der Waals surface area contributed by atoms with Crippen LogP contribution in [0.15, 0.2) is 70.5 Å². The van der Waals surface area contributed by atoms with Gasteiger partial charge >= 0.3 is 0 Å². The van der Waals surface area contributed by atoms with Crippen LogP contribution in [0.4, 0.5) is 0 Å². The summed E-state index contributed by atoms with van der Waals surface area (Å²) in [6.45, 7) is 0.723. The highest BCUT2D eigenvalue weighted by Gasteiger charge is 2.26. The average Bonchev–Trinajstić information content (AvgIpc) is 2.80. The molecule has 1 aliphatic carbocycles. The van der Waals surface area contributed by atoms with Crippen molar-refractivity contribution in [1.29, 1.82) is 0 Å². The summed E-state index contributed by atoms with van der Waals surface area (Å²) in [6, 6.07) is 20.4. The van der Waals surface area contributed by atoms with Crippen LogP contribution in [0.5, 0.6) is 0 Å². The van der Waals surface area contributed by atoms with Gasteiger partial charge in [0.15, 0.2) is 0 Å². The van der Waals surface area contributed by atoms with Crippen molar-refractivity contribution in [1.82, 2.24) is 9.88 Å². The second kappa shape index (κ2) is 9.52. The maximum absolute atomic E-state index is 13.3. The smallest absolute Gasteiger partial charge is 0.259 e. The van der Waals surface area contributed by atoms with Crippen LogP contribution in [0, 0.1) is 11.8 Å². The molecule has 4 rings (SSSR count). The van der Waals surface area contributed by atoms with E-state index in [2.05, 4.69) is 23.5 Å². The molecular formula is C25H28N2O2S. The highest BCUT2D eigenvalue weighted by molar-refractivity contribution is 7.98. The van der Waals surface area contributed by atoms with Gasteiger partial charge in [0.1, 0.15) is 0 Å². The molecule has 2 aromatic carbocycles. The van der Waals surface area contributed by atoms with Crippen molar-refractivity contribution in [3.05, 3.63) is 76.6 Å². The highest BCUT2D eigenvalue weighted by atomic mass is 32.2. The second-order valence-corrected chi connectivity index (χ2v) is 9.09. The van der Waals surface area contributed by atoms with Crippen LogP contribution in [0.1, 0.15) is 31.2 Å². The summed E-state index contributed by atoms with van der Waals surface area (Å²) < 4.78 is 1.97. The Morgan fingerprint density at radius 3 is 2.47 bits per heavy atom. The number of pyridine rings is 1. The Bertz CT molecular complexity index is 1070. The summed E-state index contributed by atoms with van der Waals surface area (Å²) in [5.74, 6) is 1.53. The summed E-state index contributed by atoms with van der Waals surface area (Å²) in [4.78, 5) is 25.3. The molecule has 0 atom stereocenters. The van der Waals surface area contributed by atoms with Crippen molar-refractivity contribution in [2.24, 2.45) is 11.8 Å². The predicted octanol–water partition coefficient (Wildman–Crippen LogP) is 4.85. The van der Waals surface area contributed by atoms with E-state index in [1.165, 1.54) is 5.56 Å². The molecule has 0 spiro atoms. The molecule has 0 unspecified atom stereocenters. The van der Waals surface area contributed by atoms with Crippen molar-refractivity contribution in [2.45, 2.75) is 43.0 Å². The van der Waals surface area contributed by atoms with Gasteiger partial charge in [-0.3, -0.25) is 9.59 Å². The van der Waals surface area contributed by atoms with Gasteiger partial charge in [-0.2, -0.15) is 0 Å².